The number of aromatic nitrogens is 2. The summed E-state index contributed by atoms with van der Waals surface area (Å²) in [5, 5.41) is 3.32. The van der Waals surface area contributed by atoms with Crippen LogP contribution in [0.3, 0.4) is 0 Å². The minimum Gasteiger partial charge on any atom is -0.368 e. The molecule has 2 N–H and O–H groups in total. The largest absolute Gasteiger partial charge is 0.368 e. The lowest BCUT2D eigenvalue weighted by Gasteiger charge is -2.21. The van der Waals surface area contributed by atoms with E-state index in [1.807, 2.05) is 25.1 Å². The van der Waals surface area contributed by atoms with Crippen LogP contribution >= 0.6 is 0 Å². The number of H-pyrrole nitrogens is 1. The fourth-order valence-corrected chi connectivity index (χ4v) is 2.26. The number of ether oxygens (including phenoxy) is 1. The molecule has 2 heterocycles. The number of nitrogens with zero attached hydrogens (tertiary/aromatic N) is 1. The van der Waals surface area contributed by atoms with E-state index in [-0.39, 0.29) is 6.10 Å². The molecule has 3 rings (SSSR count). The summed E-state index contributed by atoms with van der Waals surface area (Å²) in [5.41, 5.74) is 3.27. The van der Waals surface area contributed by atoms with E-state index in [0.29, 0.717) is 0 Å². The van der Waals surface area contributed by atoms with E-state index >= 15 is 0 Å². The summed E-state index contributed by atoms with van der Waals surface area (Å²) in [5.74, 6) is 0.915. The van der Waals surface area contributed by atoms with Gasteiger partial charge in [0.1, 0.15) is 11.9 Å². The van der Waals surface area contributed by atoms with Crippen LogP contribution in [0, 0.1) is 6.92 Å². The highest BCUT2D eigenvalue weighted by molar-refractivity contribution is 5.61. The summed E-state index contributed by atoms with van der Waals surface area (Å²) >= 11 is 0. The fraction of sp³-hybridized carbons (Fsp3) is 0.357. The topological polar surface area (TPSA) is 49.9 Å². The summed E-state index contributed by atoms with van der Waals surface area (Å²) in [6, 6.07) is 10.3. The Bertz CT molecular complexity index is 515. The van der Waals surface area contributed by atoms with E-state index in [4.69, 9.17) is 4.74 Å². The maximum Gasteiger partial charge on any atom is 0.137 e. The SMILES string of the molecule is Cc1nc(C2CNCCO2)[nH]c1-c1ccccc1. The minimum absolute atomic E-state index is 0.0370. The van der Waals surface area contributed by atoms with Crippen LogP contribution in [0.2, 0.25) is 0 Å². The molecule has 18 heavy (non-hydrogen) atoms. The molecular weight excluding hydrogens is 226 g/mol. The summed E-state index contributed by atoms with van der Waals surface area (Å²) in [6.07, 6.45) is 0.0370. The molecule has 1 aliphatic heterocycles. The summed E-state index contributed by atoms with van der Waals surface area (Å²) in [6.45, 7) is 4.51. The number of aryl methyl sites for hydroxylation is 1. The molecule has 94 valence electrons. The van der Waals surface area contributed by atoms with Crippen molar-refractivity contribution in [2.24, 2.45) is 0 Å². The molecule has 1 saturated heterocycles. The molecule has 0 spiro atoms. The van der Waals surface area contributed by atoms with Crippen molar-refractivity contribution in [2.75, 3.05) is 19.7 Å². The van der Waals surface area contributed by atoms with Gasteiger partial charge in [0, 0.05) is 13.1 Å². The number of benzene rings is 1. The van der Waals surface area contributed by atoms with E-state index in [1.165, 1.54) is 0 Å². The third-order valence-corrected chi connectivity index (χ3v) is 3.20. The number of nitrogens with one attached hydrogen (secondary N) is 2. The van der Waals surface area contributed by atoms with Crippen LogP contribution in [0.25, 0.3) is 11.3 Å². The monoisotopic (exact) mass is 243 g/mol. The lowest BCUT2D eigenvalue weighted by atomic mass is 10.1. The van der Waals surface area contributed by atoms with Crippen LogP contribution in [-0.4, -0.2) is 29.7 Å². The molecule has 2 aromatic rings. The Morgan fingerprint density at radius 3 is 2.83 bits per heavy atom. The summed E-state index contributed by atoms with van der Waals surface area (Å²) in [7, 11) is 0. The first kappa shape index (κ1) is 11.4. The number of aromatic amines is 1. The van der Waals surface area contributed by atoms with Crippen LogP contribution in [-0.2, 0) is 4.74 Å². The molecular formula is C14H17N3O. The molecule has 1 aromatic carbocycles. The molecule has 0 radical (unpaired) electrons. The molecule has 0 aliphatic carbocycles. The van der Waals surface area contributed by atoms with Crippen molar-refractivity contribution >= 4 is 0 Å². The van der Waals surface area contributed by atoms with Crippen molar-refractivity contribution in [1.82, 2.24) is 15.3 Å². The highest BCUT2D eigenvalue weighted by Gasteiger charge is 2.20. The zero-order valence-electron chi connectivity index (χ0n) is 10.4. The Hall–Kier alpha value is -1.65. The van der Waals surface area contributed by atoms with Crippen molar-refractivity contribution in [1.29, 1.82) is 0 Å². The molecule has 1 unspecified atom stereocenters. The third-order valence-electron chi connectivity index (χ3n) is 3.20. The highest BCUT2D eigenvalue weighted by atomic mass is 16.5. The van der Waals surface area contributed by atoms with Crippen LogP contribution in [0.5, 0.6) is 0 Å². The predicted molar refractivity (Wildman–Crippen MR) is 70.3 cm³/mol. The van der Waals surface area contributed by atoms with Crippen molar-refractivity contribution in [3.05, 3.63) is 41.9 Å². The first-order chi connectivity index (χ1) is 8.84. The molecule has 0 amide bonds. The maximum absolute atomic E-state index is 5.71. The van der Waals surface area contributed by atoms with Gasteiger partial charge in [0.25, 0.3) is 0 Å². The molecule has 1 atom stereocenters. The molecule has 0 bridgehead atoms. The average molecular weight is 243 g/mol. The van der Waals surface area contributed by atoms with Gasteiger partial charge < -0.3 is 15.0 Å². The van der Waals surface area contributed by atoms with Gasteiger partial charge in [-0.2, -0.15) is 0 Å². The second kappa shape index (κ2) is 4.92. The molecule has 1 aliphatic rings. The van der Waals surface area contributed by atoms with Crippen LogP contribution in [0.4, 0.5) is 0 Å². The Kier molecular flexibility index (Phi) is 3.13. The summed E-state index contributed by atoms with van der Waals surface area (Å²) in [4.78, 5) is 7.98. The number of rotatable bonds is 2. The molecule has 1 aromatic heterocycles. The zero-order valence-corrected chi connectivity index (χ0v) is 10.4. The Labute approximate surface area is 106 Å². The minimum atomic E-state index is 0.0370. The van der Waals surface area contributed by atoms with Gasteiger partial charge in [0.2, 0.25) is 0 Å². The van der Waals surface area contributed by atoms with Crippen LogP contribution in [0.1, 0.15) is 17.6 Å². The molecule has 4 nitrogen and oxygen atoms in total. The standard InChI is InChI=1S/C14H17N3O/c1-10-13(11-5-3-2-4-6-11)17-14(16-10)12-9-15-7-8-18-12/h2-6,12,15H,7-9H2,1H3,(H,16,17). The molecule has 4 heteroatoms. The summed E-state index contributed by atoms with van der Waals surface area (Å²) < 4.78 is 5.71. The Morgan fingerprint density at radius 2 is 2.11 bits per heavy atom. The van der Waals surface area contributed by atoms with Gasteiger partial charge in [-0.05, 0) is 12.5 Å². The van der Waals surface area contributed by atoms with Gasteiger partial charge in [-0.25, -0.2) is 4.98 Å². The van der Waals surface area contributed by atoms with E-state index < -0.39 is 0 Å². The smallest absolute Gasteiger partial charge is 0.137 e. The number of hydrogen-bond acceptors (Lipinski definition) is 3. The van der Waals surface area contributed by atoms with Crippen molar-refractivity contribution < 1.29 is 4.74 Å². The Morgan fingerprint density at radius 1 is 1.28 bits per heavy atom. The van der Waals surface area contributed by atoms with Crippen LogP contribution < -0.4 is 5.32 Å². The van der Waals surface area contributed by atoms with Crippen molar-refractivity contribution in [3.8, 4) is 11.3 Å². The lowest BCUT2D eigenvalue weighted by molar-refractivity contribution is 0.0226. The average Bonchev–Trinajstić information content (AvgIpc) is 2.83. The van der Waals surface area contributed by atoms with Gasteiger partial charge in [0.15, 0.2) is 0 Å². The lowest BCUT2D eigenvalue weighted by Crippen LogP contribution is -2.33. The van der Waals surface area contributed by atoms with Crippen LogP contribution in [0.15, 0.2) is 30.3 Å². The van der Waals surface area contributed by atoms with Gasteiger partial charge >= 0.3 is 0 Å². The first-order valence-electron chi connectivity index (χ1n) is 6.29. The first-order valence-corrected chi connectivity index (χ1v) is 6.29. The maximum atomic E-state index is 5.71. The molecule has 1 fully saturated rings. The zero-order chi connectivity index (χ0) is 12.4. The van der Waals surface area contributed by atoms with Gasteiger partial charge in [-0.1, -0.05) is 30.3 Å². The number of hydrogen-bond donors (Lipinski definition) is 2. The van der Waals surface area contributed by atoms with E-state index in [0.717, 1.165) is 42.5 Å². The molecule has 0 saturated carbocycles. The second-order valence-corrected chi connectivity index (χ2v) is 4.51. The Balaban J connectivity index is 1.91. The predicted octanol–water partition coefficient (Wildman–Crippen LogP) is 2.05. The van der Waals surface area contributed by atoms with Crippen molar-refractivity contribution in [2.45, 2.75) is 13.0 Å². The van der Waals surface area contributed by atoms with Gasteiger partial charge in [0.05, 0.1) is 18.0 Å². The number of morpholine rings is 1. The van der Waals surface area contributed by atoms with Crippen molar-refractivity contribution in [3.63, 3.8) is 0 Å². The third kappa shape index (κ3) is 2.17. The number of imidazole rings is 1. The van der Waals surface area contributed by atoms with E-state index in [1.54, 1.807) is 0 Å². The van der Waals surface area contributed by atoms with Gasteiger partial charge in [-0.15, -0.1) is 0 Å². The highest BCUT2D eigenvalue weighted by Crippen LogP contribution is 2.24. The fourth-order valence-electron chi connectivity index (χ4n) is 2.26. The van der Waals surface area contributed by atoms with E-state index in [9.17, 15) is 0 Å². The second-order valence-electron chi connectivity index (χ2n) is 4.51. The normalized spacial score (nSPS) is 19.9. The van der Waals surface area contributed by atoms with E-state index in [2.05, 4.69) is 27.4 Å². The quantitative estimate of drug-likeness (QED) is 0.848. The van der Waals surface area contributed by atoms with Gasteiger partial charge in [-0.3, -0.25) is 0 Å².